The average Bonchev–Trinajstić information content (AvgIpc) is 2.68. The van der Waals surface area contributed by atoms with Crippen molar-refractivity contribution in [3.63, 3.8) is 0 Å². The van der Waals surface area contributed by atoms with Gasteiger partial charge < -0.3 is 15.2 Å². The Morgan fingerprint density at radius 1 is 1.50 bits per heavy atom. The van der Waals surface area contributed by atoms with Crippen molar-refractivity contribution in [3.8, 4) is 6.07 Å². The lowest BCUT2D eigenvalue weighted by Crippen LogP contribution is -2.47. The van der Waals surface area contributed by atoms with Crippen molar-refractivity contribution < 1.29 is 14.6 Å². The Balaban J connectivity index is 2.10. The summed E-state index contributed by atoms with van der Waals surface area (Å²) in [7, 11) is 1.50. The molecule has 1 heterocycles. The fraction of sp³-hybridized carbons (Fsp3) is 0.150. The number of methoxy groups -OCH3 is 1. The number of alkyl halides is 1. The van der Waals surface area contributed by atoms with Crippen LogP contribution >= 0.6 is 23.2 Å². The second-order valence-electron chi connectivity index (χ2n) is 6.02. The highest BCUT2D eigenvalue weighted by Crippen LogP contribution is 2.35. The summed E-state index contributed by atoms with van der Waals surface area (Å²) in [5.74, 6) is -1.04. The van der Waals surface area contributed by atoms with E-state index in [9.17, 15) is 10.1 Å². The Labute approximate surface area is 171 Å². The number of hydrogen-bond donors (Lipinski definition) is 2. The number of nitrogens with zero attached hydrogens (tertiary/aromatic N) is 2. The molecule has 1 aromatic heterocycles. The van der Waals surface area contributed by atoms with Crippen LogP contribution in [0.4, 0.5) is 5.69 Å². The third-order valence-corrected chi connectivity index (χ3v) is 5.00. The number of ether oxygens (including phenoxy) is 1. The van der Waals surface area contributed by atoms with Gasteiger partial charge in [0, 0.05) is 29.8 Å². The number of pyridine rings is 1. The fourth-order valence-corrected chi connectivity index (χ4v) is 3.46. The van der Waals surface area contributed by atoms with Gasteiger partial charge in [0.15, 0.2) is 5.72 Å². The Morgan fingerprint density at radius 3 is 2.93 bits per heavy atom. The number of aliphatic carboxylic acids is 1. The minimum Gasteiger partial charge on any atom is -0.478 e. The van der Waals surface area contributed by atoms with Crippen LogP contribution in [0, 0.1) is 11.3 Å². The number of carboxylic acids is 1. The number of nitriles is 1. The normalized spacial score (nSPS) is 21.5. The summed E-state index contributed by atoms with van der Waals surface area (Å²) in [6, 6.07) is 7.34. The number of carboxylic acid groups (broad SMARTS) is 1. The molecule has 2 atom stereocenters. The lowest BCUT2D eigenvalue weighted by molar-refractivity contribution is -0.131. The van der Waals surface area contributed by atoms with E-state index in [1.54, 1.807) is 36.4 Å². The van der Waals surface area contributed by atoms with Crippen molar-refractivity contribution in [2.75, 3.05) is 12.4 Å². The van der Waals surface area contributed by atoms with E-state index in [2.05, 4.69) is 16.4 Å². The van der Waals surface area contributed by atoms with Crippen LogP contribution in [0.3, 0.4) is 0 Å². The Hall–Kier alpha value is -2.85. The Kier molecular flexibility index (Phi) is 5.71. The van der Waals surface area contributed by atoms with Crippen molar-refractivity contribution in [2.24, 2.45) is 0 Å². The average molecular weight is 416 g/mol. The Morgan fingerprint density at radius 2 is 2.29 bits per heavy atom. The number of benzene rings is 1. The zero-order valence-electron chi connectivity index (χ0n) is 14.7. The first kappa shape index (κ1) is 19.9. The number of hydrogen-bond acceptors (Lipinski definition) is 5. The number of allylic oxidation sites excluding steroid dienone is 2. The van der Waals surface area contributed by atoms with Crippen molar-refractivity contribution in [1.82, 2.24) is 4.98 Å². The van der Waals surface area contributed by atoms with E-state index in [0.29, 0.717) is 32.7 Å². The topological polar surface area (TPSA) is 95.2 Å². The highest BCUT2D eigenvalue weighted by atomic mass is 35.5. The van der Waals surface area contributed by atoms with Crippen LogP contribution in [0.5, 0.6) is 0 Å². The molecule has 8 heteroatoms. The highest BCUT2D eigenvalue weighted by molar-refractivity contribution is 6.33. The SMILES string of the molecule is COC1(Nc2c(C#N)cnc3cc(/C=C/C(=O)O)ccc23)C=CC(Cl)=CC1Cl. The van der Waals surface area contributed by atoms with E-state index in [1.807, 2.05) is 0 Å². The second-order valence-corrected chi connectivity index (χ2v) is 6.92. The maximum atomic E-state index is 10.7. The first-order valence-electron chi connectivity index (χ1n) is 8.16. The molecule has 2 aromatic rings. The third kappa shape index (κ3) is 3.87. The monoisotopic (exact) mass is 415 g/mol. The molecule has 0 aliphatic heterocycles. The Bertz CT molecular complexity index is 1070. The van der Waals surface area contributed by atoms with Gasteiger partial charge in [-0.1, -0.05) is 23.7 Å². The predicted octanol–water partition coefficient (Wildman–Crippen LogP) is 4.26. The van der Waals surface area contributed by atoms with Gasteiger partial charge in [0.2, 0.25) is 0 Å². The van der Waals surface area contributed by atoms with Crippen LogP contribution < -0.4 is 5.32 Å². The van der Waals surface area contributed by atoms with Crippen LogP contribution in [-0.4, -0.2) is 34.3 Å². The van der Waals surface area contributed by atoms with E-state index in [1.165, 1.54) is 19.4 Å². The number of nitrogens with one attached hydrogen (secondary N) is 1. The number of fused-ring (bicyclic) bond motifs is 1. The first-order chi connectivity index (χ1) is 13.4. The highest BCUT2D eigenvalue weighted by Gasteiger charge is 2.37. The summed E-state index contributed by atoms with van der Waals surface area (Å²) < 4.78 is 5.64. The molecule has 28 heavy (non-hydrogen) atoms. The molecule has 142 valence electrons. The summed E-state index contributed by atoms with van der Waals surface area (Å²) in [5.41, 5.74) is 0.962. The predicted molar refractivity (Wildman–Crippen MR) is 109 cm³/mol. The lowest BCUT2D eigenvalue weighted by Gasteiger charge is -2.36. The lowest BCUT2D eigenvalue weighted by atomic mass is 10.0. The van der Waals surface area contributed by atoms with Gasteiger partial charge in [-0.15, -0.1) is 11.6 Å². The van der Waals surface area contributed by atoms with E-state index in [0.717, 1.165) is 6.08 Å². The summed E-state index contributed by atoms with van der Waals surface area (Å²) in [5, 5.41) is 22.1. The van der Waals surface area contributed by atoms with Gasteiger partial charge in [-0.25, -0.2) is 4.79 Å². The molecule has 2 N–H and O–H groups in total. The molecule has 0 bridgehead atoms. The second kappa shape index (κ2) is 8.03. The maximum Gasteiger partial charge on any atom is 0.328 e. The number of anilines is 1. The van der Waals surface area contributed by atoms with Crippen LogP contribution in [-0.2, 0) is 9.53 Å². The van der Waals surface area contributed by atoms with Gasteiger partial charge in [0.1, 0.15) is 11.4 Å². The standard InChI is InChI=1S/C20H15Cl2N3O3/c1-28-20(7-6-14(21)9-17(20)22)25-19-13(10-23)11-24-16-8-12(2-4-15(16)19)3-5-18(26)27/h2-9,11,17H,1H3,(H,24,25)(H,26,27)/b5-3+. The zero-order valence-corrected chi connectivity index (χ0v) is 16.2. The summed E-state index contributed by atoms with van der Waals surface area (Å²) in [4.78, 5) is 15.0. The minimum atomic E-state index is -1.11. The third-order valence-electron chi connectivity index (χ3n) is 4.30. The van der Waals surface area contributed by atoms with Crippen molar-refractivity contribution >= 4 is 51.8 Å². The molecule has 0 saturated heterocycles. The molecule has 0 saturated carbocycles. The van der Waals surface area contributed by atoms with Gasteiger partial charge in [0.05, 0.1) is 16.8 Å². The largest absolute Gasteiger partial charge is 0.478 e. The summed E-state index contributed by atoms with van der Waals surface area (Å²) >= 11 is 12.5. The first-order valence-corrected chi connectivity index (χ1v) is 8.98. The molecule has 0 spiro atoms. The van der Waals surface area contributed by atoms with E-state index in [-0.39, 0.29) is 0 Å². The molecular formula is C20H15Cl2N3O3. The summed E-state index contributed by atoms with van der Waals surface area (Å²) in [6.45, 7) is 0. The van der Waals surface area contributed by atoms with Crippen LogP contribution in [0.15, 0.2) is 53.7 Å². The van der Waals surface area contributed by atoms with Crippen LogP contribution in [0.2, 0.25) is 0 Å². The number of halogens is 2. The van der Waals surface area contributed by atoms with Gasteiger partial charge >= 0.3 is 5.97 Å². The quantitative estimate of drug-likeness (QED) is 0.430. The smallest absolute Gasteiger partial charge is 0.328 e. The fourth-order valence-electron chi connectivity index (χ4n) is 2.85. The molecule has 0 amide bonds. The number of carbonyl (C=O) groups is 1. The summed E-state index contributed by atoms with van der Waals surface area (Å²) in [6.07, 6.45) is 8.97. The van der Waals surface area contributed by atoms with Crippen molar-refractivity contribution in [2.45, 2.75) is 11.1 Å². The molecule has 1 aliphatic carbocycles. The van der Waals surface area contributed by atoms with Crippen molar-refractivity contribution in [3.05, 3.63) is 64.9 Å². The molecule has 1 aromatic carbocycles. The molecule has 0 fully saturated rings. The van der Waals surface area contributed by atoms with Gasteiger partial charge in [0.25, 0.3) is 0 Å². The molecular weight excluding hydrogens is 401 g/mol. The number of aromatic nitrogens is 1. The van der Waals surface area contributed by atoms with Crippen LogP contribution in [0.25, 0.3) is 17.0 Å². The van der Waals surface area contributed by atoms with Crippen LogP contribution in [0.1, 0.15) is 11.1 Å². The molecule has 6 nitrogen and oxygen atoms in total. The van der Waals surface area contributed by atoms with E-state index < -0.39 is 17.1 Å². The maximum absolute atomic E-state index is 10.7. The molecule has 3 rings (SSSR count). The minimum absolute atomic E-state index is 0.315. The zero-order chi connectivity index (χ0) is 20.3. The molecule has 1 aliphatic rings. The van der Waals surface area contributed by atoms with Gasteiger partial charge in [-0.05, 0) is 35.9 Å². The number of rotatable bonds is 5. The van der Waals surface area contributed by atoms with Gasteiger partial charge in [-0.3, -0.25) is 4.98 Å². The molecule has 2 unspecified atom stereocenters. The van der Waals surface area contributed by atoms with E-state index >= 15 is 0 Å². The molecule has 0 radical (unpaired) electrons. The van der Waals surface area contributed by atoms with Crippen molar-refractivity contribution in [1.29, 1.82) is 5.26 Å². The van der Waals surface area contributed by atoms with E-state index in [4.69, 9.17) is 33.0 Å². The van der Waals surface area contributed by atoms with Gasteiger partial charge in [-0.2, -0.15) is 5.26 Å².